The topological polar surface area (TPSA) is 79.8 Å². The molecule has 0 unspecified atom stereocenters. The van der Waals surface area contributed by atoms with Crippen molar-refractivity contribution in [3.63, 3.8) is 0 Å². The predicted molar refractivity (Wildman–Crippen MR) is 109 cm³/mol. The van der Waals surface area contributed by atoms with Gasteiger partial charge in [0.25, 0.3) is 5.91 Å². The number of allylic oxidation sites excluding steroid dienone is 3. The molecule has 0 radical (unpaired) electrons. The molecule has 0 heterocycles. The van der Waals surface area contributed by atoms with E-state index >= 15 is 0 Å². The number of ether oxygens (including phenoxy) is 1. The number of carbonyl (C=O) groups excluding carboxylic acids is 2. The van der Waals surface area contributed by atoms with Crippen molar-refractivity contribution < 1.29 is 14.3 Å². The van der Waals surface area contributed by atoms with Gasteiger partial charge in [0.2, 0.25) is 0 Å². The lowest BCUT2D eigenvalue weighted by atomic mass is 10.1. The van der Waals surface area contributed by atoms with Crippen LogP contribution < -0.4 is 10.6 Å². The number of benzene rings is 1. The summed E-state index contributed by atoms with van der Waals surface area (Å²) < 4.78 is 5.19. The first kappa shape index (κ1) is 22.2. The van der Waals surface area contributed by atoms with Crippen LogP contribution >= 0.6 is 0 Å². The smallest absolute Gasteiger partial charge is 0.407 e. The Hall–Kier alpha value is -2.89. The van der Waals surface area contributed by atoms with Crippen molar-refractivity contribution in [2.45, 2.75) is 53.2 Å². The van der Waals surface area contributed by atoms with Crippen molar-refractivity contribution >= 4 is 18.2 Å². The van der Waals surface area contributed by atoms with E-state index in [1.807, 2.05) is 46.8 Å². The maximum Gasteiger partial charge on any atom is 0.407 e. The summed E-state index contributed by atoms with van der Waals surface area (Å²) in [6, 6.07) is 7.02. The van der Waals surface area contributed by atoms with Crippen LogP contribution in [-0.2, 0) is 11.3 Å². The standard InChI is InChI=1S/C21H29N3O3/c1-6-8-18(15-22-13-7-2)24-19(25)17-11-9-16(10-12-17)14-23-20(26)27-21(3,4)5/h7-13,15H,6,14H2,1-5H3,(H,23,26)(H,24,25)/b13-7-,18-8-,22-15+. The molecular formula is C21H29N3O3. The molecular weight excluding hydrogens is 342 g/mol. The fourth-order valence-corrected chi connectivity index (χ4v) is 2.03. The molecule has 0 aliphatic carbocycles. The molecule has 2 amide bonds. The Morgan fingerprint density at radius 2 is 1.85 bits per heavy atom. The van der Waals surface area contributed by atoms with Crippen LogP contribution in [0.25, 0.3) is 0 Å². The minimum Gasteiger partial charge on any atom is -0.444 e. The van der Waals surface area contributed by atoms with E-state index in [0.29, 0.717) is 17.8 Å². The summed E-state index contributed by atoms with van der Waals surface area (Å²) in [5.74, 6) is -0.215. The Balaban J connectivity index is 2.65. The summed E-state index contributed by atoms with van der Waals surface area (Å²) in [4.78, 5) is 28.1. The van der Waals surface area contributed by atoms with E-state index in [2.05, 4.69) is 15.6 Å². The molecule has 0 bridgehead atoms. The van der Waals surface area contributed by atoms with Crippen LogP contribution in [0.2, 0.25) is 0 Å². The second-order valence-corrected chi connectivity index (χ2v) is 6.83. The van der Waals surface area contributed by atoms with Crippen LogP contribution in [0, 0.1) is 0 Å². The van der Waals surface area contributed by atoms with Crippen molar-refractivity contribution in [1.29, 1.82) is 0 Å². The quantitative estimate of drug-likeness (QED) is 0.700. The van der Waals surface area contributed by atoms with Crippen LogP contribution in [0.1, 0.15) is 57.0 Å². The van der Waals surface area contributed by atoms with Gasteiger partial charge in [-0.1, -0.05) is 31.2 Å². The van der Waals surface area contributed by atoms with Crippen LogP contribution in [0.4, 0.5) is 4.79 Å². The monoisotopic (exact) mass is 371 g/mol. The van der Waals surface area contributed by atoms with Gasteiger partial charge in [-0.2, -0.15) is 0 Å². The number of rotatable bonds is 7. The Bertz CT molecular complexity index is 711. The Morgan fingerprint density at radius 1 is 1.19 bits per heavy atom. The second kappa shape index (κ2) is 11.0. The Kier molecular flexibility index (Phi) is 8.99. The normalized spacial score (nSPS) is 12.4. The Morgan fingerprint density at radius 3 is 2.41 bits per heavy atom. The number of hydrogen-bond donors (Lipinski definition) is 2. The third-order valence-corrected chi connectivity index (χ3v) is 3.18. The van der Waals surface area contributed by atoms with Gasteiger partial charge >= 0.3 is 6.09 Å². The van der Waals surface area contributed by atoms with Gasteiger partial charge in [-0.05, 0) is 51.8 Å². The van der Waals surface area contributed by atoms with Gasteiger partial charge in [-0.15, -0.1) is 0 Å². The second-order valence-electron chi connectivity index (χ2n) is 6.83. The lowest BCUT2D eigenvalue weighted by molar-refractivity contribution is 0.0523. The lowest BCUT2D eigenvalue weighted by Crippen LogP contribution is -2.32. The molecule has 6 nitrogen and oxygen atoms in total. The highest BCUT2D eigenvalue weighted by molar-refractivity contribution is 5.98. The minimum absolute atomic E-state index is 0.215. The molecule has 0 spiro atoms. The molecule has 0 aliphatic heterocycles. The summed E-state index contributed by atoms with van der Waals surface area (Å²) in [5, 5.41) is 5.52. The maximum absolute atomic E-state index is 12.4. The number of nitrogens with one attached hydrogen (secondary N) is 2. The number of carbonyl (C=O) groups is 2. The number of aliphatic imine (C=N–C) groups is 1. The van der Waals surface area contributed by atoms with Crippen molar-refractivity contribution in [3.8, 4) is 0 Å². The van der Waals surface area contributed by atoms with Crippen molar-refractivity contribution in [2.75, 3.05) is 0 Å². The highest BCUT2D eigenvalue weighted by Gasteiger charge is 2.15. The summed E-state index contributed by atoms with van der Waals surface area (Å²) in [6.07, 6.45) is 7.28. The van der Waals surface area contributed by atoms with Crippen LogP contribution in [0.5, 0.6) is 0 Å². The van der Waals surface area contributed by atoms with Crippen molar-refractivity contribution in [1.82, 2.24) is 10.6 Å². The van der Waals surface area contributed by atoms with E-state index in [1.54, 1.807) is 36.7 Å². The zero-order chi connectivity index (χ0) is 20.3. The lowest BCUT2D eigenvalue weighted by Gasteiger charge is -2.19. The summed E-state index contributed by atoms with van der Waals surface area (Å²) in [7, 11) is 0. The molecule has 1 aromatic carbocycles. The van der Waals surface area contributed by atoms with Gasteiger partial charge in [0.1, 0.15) is 5.60 Å². The average Bonchev–Trinajstić information content (AvgIpc) is 2.59. The fourth-order valence-electron chi connectivity index (χ4n) is 2.03. The molecule has 0 aromatic heterocycles. The highest BCUT2D eigenvalue weighted by Crippen LogP contribution is 2.08. The van der Waals surface area contributed by atoms with E-state index in [9.17, 15) is 9.59 Å². The number of hydrogen-bond acceptors (Lipinski definition) is 4. The van der Waals surface area contributed by atoms with Gasteiger partial charge in [-0.25, -0.2) is 4.79 Å². The summed E-state index contributed by atoms with van der Waals surface area (Å²) >= 11 is 0. The molecule has 0 saturated carbocycles. The summed E-state index contributed by atoms with van der Waals surface area (Å²) in [6.45, 7) is 9.62. The number of nitrogens with zero attached hydrogens (tertiary/aromatic N) is 1. The third-order valence-electron chi connectivity index (χ3n) is 3.18. The minimum atomic E-state index is -0.536. The van der Waals surface area contributed by atoms with E-state index in [4.69, 9.17) is 4.74 Å². The van der Waals surface area contributed by atoms with Gasteiger partial charge in [-0.3, -0.25) is 9.79 Å². The molecule has 0 aliphatic rings. The molecule has 1 rings (SSSR count). The molecule has 0 saturated heterocycles. The van der Waals surface area contributed by atoms with E-state index < -0.39 is 11.7 Å². The predicted octanol–water partition coefficient (Wildman–Crippen LogP) is 4.34. The molecule has 6 heteroatoms. The summed E-state index contributed by atoms with van der Waals surface area (Å²) in [5.41, 5.74) is 1.51. The van der Waals surface area contributed by atoms with Gasteiger partial charge in [0.05, 0.1) is 11.9 Å². The molecule has 2 N–H and O–H groups in total. The third kappa shape index (κ3) is 9.39. The first-order chi connectivity index (χ1) is 12.7. The average molecular weight is 371 g/mol. The molecule has 1 aromatic rings. The zero-order valence-corrected chi connectivity index (χ0v) is 16.7. The van der Waals surface area contributed by atoms with Crippen LogP contribution in [0.3, 0.4) is 0 Å². The zero-order valence-electron chi connectivity index (χ0n) is 16.7. The first-order valence-corrected chi connectivity index (χ1v) is 8.96. The highest BCUT2D eigenvalue weighted by atomic mass is 16.6. The van der Waals surface area contributed by atoms with Crippen LogP contribution in [-0.4, -0.2) is 23.8 Å². The van der Waals surface area contributed by atoms with Gasteiger partial charge in [0, 0.05) is 18.3 Å². The van der Waals surface area contributed by atoms with E-state index in [0.717, 1.165) is 12.0 Å². The molecule has 27 heavy (non-hydrogen) atoms. The molecule has 146 valence electrons. The number of amides is 2. The largest absolute Gasteiger partial charge is 0.444 e. The first-order valence-electron chi connectivity index (χ1n) is 8.96. The molecule has 0 fully saturated rings. The Labute approximate surface area is 161 Å². The van der Waals surface area contributed by atoms with Crippen molar-refractivity contribution in [2.24, 2.45) is 4.99 Å². The van der Waals surface area contributed by atoms with Gasteiger partial charge in [0.15, 0.2) is 0 Å². The van der Waals surface area contributed by atoms with Crippen molar-refractivity contribution in [3.05, 3.63) is 59.4 Å². The van der Waals surface area contributed by atoms with E-state index in [-0.39, 0.29) is 5.91 Å². The maximum atomic E-state index is 12.4. The number of alkyl carbamates (subject to hydrolysis) is 1. The fraction of sp³-hybridized carbons (Fsp3) is 0.381. The van der Waals surface area contributed by atoms with E-state index in [1.165, 1.54) is 0 Å². The van der Waals surface area contributed by atoms with Crippen LogP contribution in [0.15, 0.2) is 53.3 Å². The van der Waals surface area contributed by atoms with Gasteiger partial charge < -0.3 is 15.4 Å². The SMILES string of the molecule is C\C=C/N=C/C(=C/CC)NC(=O)c1ccc(CNC(=O)OC(C)(C)C)cc1. The molecule has 0 atom stereocenters.